The van der Waals surface area contributed by atoms with Crippen molar-refractivity contribution in [1.82, 2.24) is 5.32 Å². The predicted molar refractivity (Wildman–Crippen MR) is 77.5 cm³/mol. The number of methoxy groups -OCH3 is 1. The van der Waals surface area contributed by atoms with Gasteiger partial charge in [-0.05, 0) is 38.1 Å². The van der Waals surface area contributed by atoms with Gasteiger partial charge >= 0.3 is 11.9 Å². The molecule has 1 aromatic rings. The number of hydrogen-bond donors (Lipinski definition) is 1. The van der Waals surface area contributed by atoms with Gasteiger partial charge in [-0.3, -0.25) is 9.59 Å². The van der Waals surface area contributed by atoms with E-state index in [4.69, 9.17) is 9.47 Å². The summed E-state index contributed by atoms with van der Waals surface area (Å²) in [6.07, 6.45) is -0.277. The average Bonchev–Trinajstić information content (AvgIpc) is 2.50. The molecule has 0 saturated carbocycles. The number of hydrogen-bond acceptors (Lipinski definition) is 6. The van der Waals surface area contributed by atoms with Crippen LogP contribution in [0, 0.1) is 0 Å². The molecule has 7 heteroatoms. The number of amides is 1. The van der Waals surface area contributed by atoms with Crippen LogP contribution in [-0.4, -0.2) is 44.2 Å². The SMILES string of the molecule is COc1ccc(C(=O)NCC(=O)OCC(=O)OC(C)C)cc1. The number of rotatable bonds is 7. The highest BCUT2D eigenvalue weighted by atomic mass is 16.6. The summed E-state index contributed by atoms with van der Waals surface area (Å²) in [5.74, 6) is -1.16. The van der Waals surface area contributed by atoms with E-state index in [2.05, 4.69) is 10.1 Å². The fraction of sp³-hybridized carbons (Fsp3) is 0.400. The molecule has 1 N–H and O–H groups in total. The Bertz CT molecular complexity index is 523. The van der Waals surface area contributed by atoms with Crippen LogP contribution in [0.2, 0.25) is 0 Å². The van der Waals surface area contributed by atoms with Gasteiger partial charge in [-0.25, -0.2) is 4.79 Å². The Morgan fingerprint density at radius 3 is 2.27 bits per heavy atom. The number of esters is 2. The van der Waals surface area contributed by atoms with Crippen LogP contribution in [0.3, 0.4) is 0 Å². The maximum atomic E-state index is 11.8. The van der Waals surface area contributed by atoms with E-state index in [9.17, 15) is 14.4 Å². The molecule has 0 aliphatic carbocycles. The van der Waals surface area contributed by atoms with Crippen LogP contribution in [0.5, 0.6) is 5.75 Å². The van der Waals surface area contributed by atoms with E-state index in [-0.39, 0.29) is 12.6 Å². The Kier molecular flexibility index (Phi) is 6.88. The molecule has 0 aliphatic rings. The quantitative estimate of drug-likeness (QED) is 0.753. The highest BCUT2D eigenvalue weighted by Gasteiger charge is 2.12. The second kappa shape index (κ2) is 8.66. The summed E-state index contributed by atoms with van der Waals surface area (Å²) in [6, 6.07) is 6.41. The molecular formula is C15H19NO6. The molecule has 1 rings (SSSR count). The fourth-order valence-electron chi connectivity index (χ4n) is 1.48. The first-order valence-electron chi connectivity index (χ1n) is 6.69. The van der Waals surface area contributed by atoms with Gasteiger partial charge in [0.15, 0.2) is 6.61 Å². The average molecular weight is 309 g/mol. The molecule has 0 saturated heterocycles. The zero-order valence-electron chi connectivity index (χ0n) is 12.8. The van der Waals surface area contributed by atoms with E-state index in [1.807, 2.05) is 0 Å². The summed E-state index contributed by atoms with van der Waals surface area (Å²) in [5, 5.41) is 2.39. The van der Waals surface area contributed by atoms with Gasteiger partial charge in [0.25, 0.3) is 5.91 Å². The molecule has 0 aliphatic heterocycles. The van der Waals surface area contributed by atoms with Crippen molar-refractivity contribution in [1.29, 1.82) is 0 Å². The van der Waals surface area contributed by atoms with E-state index < -0.39 is 24.5 Å². The molecule has 0 atom stereocenters. The van der Waals surface area contributed by atoms with Gasteiger partial charge in [0.1, 0.15) is 12.3 Å². The summed E-state index contributed by atoms with van der Waals surface area (Å²) in [7, 11) is 1.52. The standard InChI is InChI=1S/C15H19NO6/c1-10(2)22-14(18)9-21-13(17)8-16-15(19)11-4-6-12(20-3)7-5-11/h4-7,10H,8-9H2,1-3H3,(H,16,19). The molecular weight excluding hydrogens is 290 g/mol. The van der Waals surface area contributed by atoms with Gasteiger partial charge < -0.3 is 19.5 Å². The van der Waals surface area contributed by atoms with Crippen LogP contribution in [-0.2, 0) is 19.1 Å². The zero-order chi connectivity index (χ0) is 16.5. The van der Waals surface area contributed by atoms with E-state index in [1.165, 1.54) is 7.11 Å². The summed E-state index contributed by atoms with van der Waals surface area (Å²) in [6.45, 7) is 2.57. The third-order valence-corrected chi connectivity index (χ3v) is 2.46. The molecule has 1 aromatic carbocycles. The van der Waals surface area contributed by atoms with Gasteiger partial charge in [0.2, 0.25) is 0 Å². The van der Waals surface area contributed by atoms with E-state index in [0.717, 1.165) is 0 Å². The summed E-state index contributed by atoms with van der Waals surface area (Å²) < 4.78 is 14.5. The first-order chi connectivity index (χ1) is 10.4. The minimum Gasteiger partial charge on any atom is -0.497 e. The van der Waals surface area contributed by atoms with Crippen molar-refractivity contribution >= 4 is 17.8 Å². The number of nitrogens with one attached hydrogen (secondary N) is 1. The van der Waals surface area contributed by atoms with E-state index >= 15 is 0 Å². The van der Waals surface area contributed by atoms with Crippen LogP contribution in [0.4, 0.5) is 0 Å². The summed E-state index contributed by atoms with van der Waals surface area (Å²) in [4.78, 5) is 34.4. The zero-order valence-corrected chi connectivity index (χ0v) is 12.8. The number of benzene rings is 1. The van der Waals surface area contributed by atoms with Crippen molar-refractivity contribution in [3.8, 4) is 5.75 Å². The highest BCUT2D eigenvalue weighted by molar-refractivity contribution is 5.96. The normalized spacial score (nSPS) is 10.0. The molecule has 22 heavy (non-hydrogen) atoms. The van der Waals surface area contributed by atoms with Gasteiger partial charge in [-0.15, -0.1) is 0 Å². The van der Waals surface area contributed by atoms with Crippen LogP contribution in [0.15, 0.2) is 24.3 Å². The lowest BCUT2D eigenvalue weighted by atomic mass is 10.2. The summed E-state index contributed by atoms with van der Waals surface area (Å²) >= 11 is 0. The van der Waals surface area contributed by atoms with Crippen molar-refractivity contribution in [3.05, 3.63) is 29.8 Å². The first kappa shape index (κ1) is 17.5. The maximum absolute atomic E-state index is 11.8. The van der Waals surface area contributed by atoms with Gasteiger partial charge in [-0.2, -0.15) is 0 Å². The van der Waals surface area contributed by atoms with E-state index in [1.54, 1.807) is 38.1 Å². The van der Waals surface area contributed by atoms with Crippen LogP contribution in [0.25, 0.3) is 0 Å². The molecule has 0 bridgehead atoms. The van der Waals surface area contributed by atoms with Crippen molar-refractivity contribution in [2.24, 2.45) is 0 Å². The Hall–Kier alpha value is -2.57. The van der Waals surface area contributed by atoms with Crippen molar-refractivity contribution < 1.29 is 28.6 Å². The maximum Gasteiger partial charge on any atom is 0.344 e. The molecule has 0 heterocycles. The minimum absolute atomic E-state index is 0.277. The second-order valence-corrected chi connectivity index (χ2v) is 4.61. The van der Waals surface area contributed by atoms with Crippen LogP contribution < -0.4 is 10.1 Å². The molecule has 1 amide bonds. The Morgan fingerprint density at radius 1 is 1.09 bits per heavy atom. The molecule has 0 spiro atoms. The van der Waals surface area contributed by atoms with Gasteiger partial charge in [0.05, 0.1) is 13.2 Å². The third-order valence-electron chi connectivity index (χ3n) is 2.46. The Labute approximate surface area is 128 Å². The van der Waals surface area contributed by atoms with Crippen molar-refractivity contribution in [3.63, 3.8) is 0 Å². The predicted octanol–water partition coefficient (Wildman–Crippen LogP) is 0.920. The lowest BCUT2D eigenvalue weighted by Crippen LogP contribution is -2.31. The van der Waals surface area contributed by atoms with Crippen molar-refractivity contribution in [2.45, 2.75) is 20.0 Å². The van der Waals surface area contributed by atoms with Crippen LogP contribution in [0.1, 0.15) is 24.2 Å². The largest absolute Gasteiger partial charge is 0.497 e. The molecule has 7 nitrogen and oxygen atoms in total. The smallest absolute Gasteiger partial charge is 0.344 e. The fourth-order valence-corrected chi connectivity index (χ4v) is 1.48. The van der Waals surface area contributed by atoms with Crippen molar-refractivity contribution in [2.75, 3.05) is 20.3 Å². The molecule has 0 unspecified atom stereocenters. The summed E-state index contributed by atoms with van der Waals surface area (Å²) in [5.41, 5.74) is 0.382. The molecule has 0 fully saturated rings. The third kappa shape index (κ3) is 6.25. The monoisotopic (exact) mass is 309 g/mol. The Balaban J connectivity index is 2.33. The van der Waals surface area contributed by atoms with E-state index in [0.29, 0.717) is 11.3 Å². The molecule has 0 aromatic heterocycles. The first-order valence-corrected chi connectivity index (χ1v) is 6.69. The minimum atomic E-state index is -0.720. The lowest BCUT2D eigenvalue weighted by Gasteiger charge is -2.09. The Morgan fingerprint density at radius 2 is 1.73 bits per heavy atom. The number of ether oxygens (including phenoxy) is 3. The highest BCUT2D eigenvalue weighted by Crippen LogP contribution is 2.10. The van der Waals surface area contributed by atoms with Gasteiger partial charge in [-0.1, -0.05) is 0 Å². The number of carbonyl (C=O) groups is 3. The molecule has 0 radical (unpaired) electrons. The number of carbonyl (C=O) groups excluding carboxylic acids is 3. The lowest BCUT2D eigenvalue weighted by molar-refractivity contribution is -0.160. The van der Waals surface area contributed by atoms with Gasteiger partial charge in [0, 0.05) is 5.56 Å². The topological polar surface area (TPSA) is 90.9 Å². The molecule has 120 valence electrons. The van der Waals surface area contributed by atoms with Crippen LogP contribution >= 0.6 is 0 Å². The second-order valence-electron chi connectivity index (χ2n) is 4.61.